The Kier molecular flexibility index (Phi) is 4.39. The van der Waals surface area contributed by atoms with Crippen LogP contribution >= 0.6 is 0 Å². The molecule has 1 fully saturated rings. The number of rotatable bonds is 4. The quantitative estimate of drug-likeness (QED) is 0.876. The fourth-order valence-corrected chi connectivity index (χ4v) is 3.26. The zero-order valence-electron chi connectivity index (χ0n) is 14.3. The van der Waals surface area contributed by atoms with Gasteiger partial charge in [-0.2, -0.15) is 0 Å². The van der Waals surface area contributed by atoms with Gasteiger partial charge in [0.25, 0.3) is 0 Å². The lowest BCUT2D eigenvalue weighted by molar-refractivity contribution is 0.0679. The molecule has 2 aromatic rings. The Morgan fingerprint density at radius 2 is 2.15 bits per heavy atom. The van der Waals surface area contributed by atoms with E-state index in [0.29, 0.717) is 12.3 Å². The first-order chi connectivity index (χ1) is 12.6. The normalized spacial score (nSPS) is 18.9. The second kappa shape index (κ2) is 6.84. The van der Waals surface area contributed by atoms with E-state index in [4.69, 9.17) is 9.47 Å². The molecule has 0 radical (unpaired) electrons. The number of anilines is 1. The van der Waals surface area contributed by atoms with Gasteiger partial charge >= 0.3 is 0 Å². The summed E-state index contributed by atoms with van der Waals surface area (Å²) >= 11 is 0. The fraction of sp³-hybridized carbons (Fsp3) is 0.238. The third-order valence-corrected chi connectivity index (χ3v) is 4.70. The van der Waals surface area contributed by atoms with Crippen LogP contribution in [0.5, 0.6) is 11.5 Å². The molecule has 2 aliphatic rings. The van der Waals surface area contributed by atoms with Gasteiger partial charge in [-0.3, -0.25) is 0 Å². The molecule has 4 nitrogen and oxygen atoms in total. The van der Waals surface area contributed by atoms with Gasteiger partial charge in [0.15, 0.2) is 11.6 Å². The van der Waals surface area contributed by atoms with Crippen molar-refractivity contribution in [2.75, 3.05) is 18.1 Å². The van der Waals surface area contributed by atoms with Crippen LogP contribution in [0.15, 0.2) is 49.2 Å². The van der Waals surface area contributed by atoms with Crippen molar-refractivity contribution >= 4 is 17.5 Å². The monoisotopic (exact) mass is 353 g/mol. The van der Waals surface area contributed by atoms with Crippen LogP contribution in [0.3, 0.4) is 0 Å². The number of phenols is 1. The predicted octanol–water partition coefficient (Wildman–Crippen LogP) is 4.55. The van der Waals surface area contributed by atoms with Crippen LogP contribution in [0.1, 0.15) is 24.0 Å². The standard InChI is InChI=1S/C21H20FNO3/c1-14-19-6-5-17(26-13-18-3-2-10-25-18)11-15(19)8-9-23(14)16-4-7-21(24)20(22)12-16/h4-9,11-12,18,24H,1-3,10,13H2. The number of nitrogens with zero attached hydrogens (tertiary/aromatic N) is 1. The van der Waals surface area contributed by atoms with Gasteiger partial charge in [-0.15, -0.1) is 0 Å². The van der Waals surface area contributed by atoms with E-state index in [2.05, 4.69) is 6.58 Å². The summed E-state index contributed by atoms with van der Waals surface area (Å²) in [4.78, 5) is 1.79. The van der Waals surface area contributed by atoms with Gasteiger partial charge in [-0.05, 0) is 54.8 Å². The topological polar surface area (TPSA) is 41.9 Å². The summed E-state index contributed by atoms with van der Waals surface area (Å²) in [5, 5.41) is 9.37. The number of hydrogen-bond acceptors (Lipinski definition) is 4. The average molecular weight is 353 g/mol. The Bertz CT molecular complexity index is 872. The van der Waals surface area contributed by atoms with E-state index < -0.39 is 5.82 Å². The van der Waals surface area contributed by atoms with Gasteiger partial charge < -0.3 is 19.5 Å². The van der Waals surface area contributed by atoms with Gasteiger partial charge in [-0.25, -0.2) is 4.39 Å². The maximum atomic E-state index is 13.7. The van der Waals surface area contributed by atoms with Crippen molar-refractivity contribution in [2.45, 2.75) is 18.9 Å². The molecule has 0 aliphatic carbocycles. The lowest BCUT2D eigenvalue weighted by Crippen LogP contribution is -2.18. The molecule has 0 aromatic heterocycles. The van der Waals surface area contributed by atoms with E-state index in [9.17, 15) is 9.50 Å². The van der Waals surface area contributed by atoms with Gasteiger partial charge in [0.2, 0.25) is 0 Å². The smallest absolute Gasteiger partial charge is 0.166 e. The van der Waals surface area contributed by atoms with E-state index in [1.807, 2.05) is 30.5 Å². The molecule has 2 aliphatic heterocycles. The van der Waals surface area contributed by atoms with E-state index in [0.717, 1.165) is 42.0 Å². The molecule has 1 atom stereocenters. The number of hydrogen-bond donors (Lipinski definition) is 1. The van der Waals surface area contributed by atoms with E-state index >= 15 is 0 Å². The van der Waals surface area contributed by atoms with Crippen molar-refractivity contribution in [3.63, 3.8) is 0 Å². The minimum Gasteiger partial charge on any atom is -0.505 e. The molecule has 0 spiro atoms. The Hall–Kier alpha value is -2.79. The van der Waals surface area contributed by atoms with Gasteiger partial charge in [0.1, 0.15) is 12.4 Å². The SMILES string of the molecule is C=C1c2ccc(OCC3CCCO3)cc2C=CN1c1ccc(O)c(F)c1. The van der Waals surface area contributed by atoms with Crippen LogP contribution < -0.4 is 9.64 Å². The Morgan fingerprint density at radius 1 is 1.27 bits per heavy atom. The number of phenolic OH excluding ortho intramolecular Hbond substituents is 1. The summed E-state index contributed by atoms with van der Waals surface area (Å²) in [5.74, 6) is -0.234. The highest BCUT2D eigenvalue weighted by atomic mass is 19.1. The van der Waals surface area contributed by atoms with Gasteiger partial charge in [0, 0.05) is 35.8 Å². The average Bonchev–Trinajstić information content (AvgIpc) is 3.16. The highest BCUT2D eigenvalue weighted by Crippen LogP contribution is 2.35. The molecule has 1 N–H and O–H groups in total. The van der Waals surface area contributed by atoms with Crippen LogP contribution in [0, 0.1) is 5.82 Å². The number of aromatic hydroxyl groups is 1. The van der Waals surface area contributed by atoms with Crippen molar-refractivity contribution in [1.29, 1.82) is 0 Å². The molecular weight excluding hydrogens is 333 g/mol. The Balaban J connectivity index is 1.53. The second-order valence-electron chi connectivity index (χ2n) is 6.46. The van der Waals surface area contributed by atoms with Crippen LogP contribution in [0.25, 0.3) is 11.8 Å². The van der Waals surface area contributed by atoms with E-state index in [1.165, 1.54) is 12.1 Å². The second-order valence-corrected chi connectivity index (χ2v) is 6.46. The summed E-state index contributed by atoms with van der Waals surface area (Å²) in [6.45, 7) is 5.50. The highest BCUT2D eigenvalue weighted by Gasteiger charge is 2.19. The first-order valence-electron chi connectivity index (χ1n) is 8.65. The van der Waals surface area contributed by atoms with E-state index in [1.54, 1.807) is 11.0 Å². The maximum absolute atomic E-state index is 13.7. The van der Waals surface area contributed by atoms with Crippen molar-refractivity contribution in [3.8, 4) is 11.5 Å². The van der Waals surface area contributed by atoms with Crippen LogP contribution in [0.4, 0.5) is 10.1 Å². The molecule has 2 heterocycles. The van der Waals surface area contributed by atoms with Crippen molar-refractivity contribution < 1.29 is 19.0 Å². The van der Waals surface area contributed by atoms with Gasteiger partial charge in [0.05, 0.1) is 6.10 Å². The first kappa shape index (κ1) is 16.7. The van der Waals surface area contributed by atoms with Crippen molar-refractivity contribution in [1.82, 2.24) is 0 Å². The summed E-state index contributed by atoms with van der Waals surface area (Å²) in [6.07, 6.45) is 6.08. The van der Waals surface area contributed by atoms with Crippen LogP contribution in [-0.2, 0) is 4.74 Å². The Labute approximate surface area is 151 Å². The van der Waals surface area contributed by atoms with E-state index in [-0.39, 0.29) is 11.9 Å². The molecular formula is C21H20FNO3. The Morgan fingerprint density at radius 3 is 2.92 bits per heavy atom. The van der Waals surface area contributed by atoms with Gasteiger partial charge in [-0.1, -0.05) is 6.58 Å². The third kappa shape index (κ3) is 3.18. The summed E-state index contributed by atoms with van der Waals surface area (Å²) in [5.41, 5.74) is 3.28. The minimum atomic E-state index is -0.660. The molecule has 5 heteroatoms. The highest BCUT2D eigenvalue weighted by molar-refractivity contribution is 5.89. The molecule has 0 saturated carbocycles. The number of ether oxygens (including phenoxy) is 2. The molecule has 4 rings (SSSR count). The van der Waals surface area contributed by atoms with Crippen molar-refractivity contribution in [2.24, 2.45) is 0 Å². The lowest BCUT2D eigenvalue weighted by atomic mass is 10.0. The largest absolute Gasteiger partial charge is 0.505 e. The molecule has 1 saturated heterocycles. The molecule has 134 valence electrons. The number of fused-ring (bicyclic) bond motifs is 1. The summed E-state index contributed by atoms with van der Waals surface area (Å²) < 4.78 is 25.1. The first-order valence-corrected chi connectivity index (χ1v) is 8.65. The summed E-state index contributed by atoms with van der Waals surface area (Å²) in [7, 11) is 0. The maximum Gasteiger partial charge on any atom is 0.166 e. The van der Waals surface area contributed by atoms with Crippen LogP contribution in [0.2, 0.25) is 0 Å². The zero-order valence-corrected chi connectivity index (χ0v) is 14.3. The third-order valence-electron chi connectivity index (χ3n) is 4.70. The molecule has 0 bridgehead atoms. The molecule has 2 aromatic carbocycles. The van der Waals surface area contributed by atoms with Crippen LogP contribution in [-0.4, -0.2) is 24.4 Å². The molecule has 1 unspecified atom stereocenters. The minimum absolute atomic E-state index is 0.177. The molecule has 26 heavy (non-hydrogen) atoms. The number of benzene rings is 2. The molecule has 0 amide bonds. The zero-order chi connectivity index (χ0) is 18.1. The number of halogens is 1. The predicted molar refractivity (Wildman–Crippen MR) is 99.5 cm³/mol. The van der Waals surface area contributed by atoms with Crippen molar-refractivity contribution in [3.05, 3.63) is 66.1 Å². The fourth-order valence-electron chi connectivity index (χ4n) is 3.26. The summed E-state index contributed by atoms with van der Waals surface area (Å²) in [6, 6.07) is 10.1. The lowest BCUT2D eigenvalue weighted by Gasteiger charge is -2.28.